The summed E-state index contributed by atoms with van der Waals surface area (Å²) in [7, 11) is 0. The lowest BCUT2D eigenvalue weighted by Gasteiger charge is -2.15. The second kappa shape index (κ2) is 11.7. The van der Waals surface area contributed by atoms with Gasteiger partial charge in [0.2, 0.25) is 0 Å². The van der Waals surface area contributed by atoms with Gasteiger partial charge in [-0.2, -0.15) is 0 Å². The Bertz CT molecular complexity index is 1340. The van der Waals surface area contributed by atoms with Crippen LogP contribution in [0.5, 0.6) is 11.5 Å². The summed E-state index contributed by atoms with van der Waals surface area (Å²) >= 11 is 10.1. The van der Waals surface area contributed by atoms with Crippen molar-refractivity contribution in [3.8, 4) is 11.5 Å². The molecule has 0 saturated carbocycles. The van der Waals surface area contributed by atoms with E-state index in [1.165, 1.54) is 16.7 Å². The molecule has 0 aromatic heterocycles. The van der Waals surface area contributed by atoms with E-state index in [0.29, 0.717) is 32.8 Å². The third-order valence-electron chi connectivity index (χ3n) is 5.23. The summed E-state index contributed by atoms with van der Waals surface area (Å²) in [5, 5.41) is 2.86. The number of carbonyl (C=O) groups excluding carboxylic acids is 2. The highest BCUT2D eigenvalue weighted by atomic mass is 79.9. The van der Waals surface area contributed by atoms with Crippen molar-refractivity contribution in [3.63, 3.8) is 0 Å². The van der Waals surface area contributed by atoms with E-state index in [1.54, 1.807) is 12.1 Å². The van der Waals surface area contributed by atoms with Crippen LogP contribution in [-0.2, 0) is 9.59 Å². The van der Waals surface area contributed by atoms with Crippen molar-refractivity contribution < 1.29 is 19.1 Å². The molecule has 0 spiro atoms. The molecule has 1 saturated heterocycles. The third kappa shape index (κ3) is 6.16. The van der Waals surface area contributed by atoms with E-state index >= 15 is 0 Å². The highest BCUT2D eigenvalue weighted by molar-refractivity contribution is 9.10. The average molecular weight is 584 g/mol. The van der Waals surface area contributed by atoms with E-state index in [9.17, 15) is 9.59 Å². The second-order valence-electron chi connectivity index (χ2n) is 7.78. The number of para-hydroxylation sites is 1. The minimum Gasteiger partial charge on any atom is -0.494 e. The van der Waals surface area contributed by atoms with Gasteiger partial charge in [-0.05, 0) is 74.0 Å². The lowest BCUT2D eigenvalue weighted by molar-refractivity contribution is -0.118. The van der Waals surface area contributed by atoms with Crippen LogP contribution in [0, 0.1) is 6.92 Å². The van der Waals surface area contributed by atoms with Crippen molar-refractivity contribution >= 4 is 73.5 Å². The summed E-state index contributed by atoms with van der Waals surface area (Å²) in [6.07, 6.45) is 1.74. The van der Waals surface area contributed by atoms with Gasteiger partial charge in [0.1, 0.15) is 11.5 Å². The maximum atomic E-state index is 13.2. The molecule has 0 atom stereocenters. The van der Waals surface area contributed by atoms with Crippen LogP contribution in [0.15, 0.2) is 76.1 Å². The second-order valence-corrected chi connectivity index (χ2v) is 10.4. The molecule has 9 heteroatoms. The number of halogens is 1. The Kier molecular flexibility index (Phi) is 8.45. The fourth-order valence-electron chi connectivity index (χ4n) is 3.52. The molecule has 0 unspecified atom stereocenters. The predicted molar refractivity (Wildman–Crippen MR) is 153 cm³/mol. The zero-order valence-electron chi connectivity index (χ0n) is 19.6. The van der Waals surface area contributed by atoms with Crippen LogP contribution in [-0.4, -0.2) is 29.3 Å². The molecular formula is C27H23BrN2O4S2. The predicted octanol–water partition coefficient (Wildman–Crippen LogP) is 6.58. The van der Waals surface area contributed by atoms with Crippen LogP contribution < -0.4 is 19.7 Å². The fraction of sp³-hybridized carbons (Fsp3) is 0.148. The monoisotopic (exact) mass is 582 g/mol. The topological polar surface area (TPSA) is 67.9 Å². The first-order valence-corrected chi connectivity index (χ1v) is 13.2. The van der Waals surface area contributed by atoms with Gasteiger partial charge >= 0.3 is 0 Å². The molecule has 1 N–H and O–H groups in total. The first-order chi connectivity index (χ1) is 17.4. The number of carbonyl (C=O) groups is 2. The smallest absolute Gasteiger partial charge is 0.270 e. The number of rotatable bonds is 8. The Labute approximate surface area is 227 Å². The van der Waals surface area contributed by atoms with Gasteiger partial charge in [0.25, 0.3) is 11.8 Å². The van der Waals surface area contributed by atoms with Crippen molar-refractivity contribution in [2.24, 2.45) is 0 Å². The average Bonchev–Trinajstić information content (AvgIpc) is 3.13. The SMILES string of the molecule is CCOc1ccc(N2C(=O)/C(=C/c3ccccc3OCC(=O)Nc3ccc(Br)cc3C)SC2=S)cc1. The van der Waals surface area contributed by atoms with Crippen LogP contribution in [0.4, 0.5) is 11.4 Å². The number of ether oxygens (including phenoxy) is 2. The highest BCUT2D eigenvalue weighted by Crippen LogP contribution is 2.37. The minimum absolute atomic E-state index is 0.173. The molecule has 36 heavy (non-hydrogen) atoms. The van der Waals surface area contributed by atoms with Crippen molar-refractivity contribution in [3.05, 3.63) is 87.2 Å². The van der Waals surface area contributed by atoms with E-state index in [0.717, 1.165) is 21.5 Å². The lowest BCUT2D eigenvalue weighted by Crippen LogP contribution is -2.27. The molecule has 184 valence electrons. The minimum atomic E-state index is -0.281. The summed E-state index contributed by atoms with van der Waals surface area (Å²) in [5.41, 5.74) is 3.01. The number of amides is 2. The van der Waals surface area contributed by atoms with Crippen LogP contribution in [0.25, 0.3) is 6.08 Å². The van der Waals surface area contributed by atoms with Crippen molar-refractivity contribution in [2.75, 3.05) is 23.4 Å². The van der Waals surface area contributed by atoms with E-state index in [2.05, 4.69) is 21.2 Å². The molecule has 0 aliphatic carbocycles. The summed E-state index contributed by atoms with van der Waals surface area (Å²) in [6, 6.07) is 20.1. The van der Waals surface area contributed by atoms with Crippen LogP contribution >= 0.6 is 39.9 Å². The number of thioether (sulfide) groups is 1. The lowest BCUT2D eigenvalue weighted by atomic mass is 10.2. The molecular weight excluding hydrogens is 560 g/mol. The van der Waals surface area contributed by atoms with Gasteiger partial charge in [-0.3, -0.25) is 14.5 Å². The largest absolute Gasteiger partial charge is 0.494 e. The van der Waals surface area contributed by atoms with E-state index in [-0.39, 0.29) is 18.4 Å². The maximum Gasteiger partial charge on any atom is 0.270 e. The Morgan fingerprint density at radius 2 is 1.86 bits per heavy atom. The summed E-state index contributed by atoms with van der Waals surface area (Å²) in [4.78, 5) is 27.6. The van der Waals surface area contributed by atoms with Gasteiger partial charge in [-0.25, -0.2) is 0 Å². The van der Waals surface area contributed by atoms with Gasteiger partial charge in [0, 0.05) is 15.7 Å². The standard InChI is InChI=1S/C27H23BrN2O4S2/c1-3-33-21-11-9-20(10-12-21)30-26(32)24(36-27(30)35)15-18-6-4-5-7-23(18)34-16-25(31)29-22-13-8-19(28)14-17(22)2/h4-15H,3,16H2,1-2H3,(H,29,31)/b24-15-. The number of thiocarbonyl (C=S) groups is 1. The van der Waals surface area contributed by atoms with Gasteiger partial charge in [0.05, 0.1) is 17.2 Å². The van der Waals surface area contributed by atoms with E-state index in [4.69, 9.17) is 21.7 Å². The number of benzene rings is 3. The molecule has 1 heterocycles. The maximum absolute atomic E-state index is 13.2. The first kappa shape index (κ1) is 25.9. The molecule has 2 amide bonds. The Hall–Kier alpha value is -3.14. The molecule has 4 rings (SSSR count). The molecule has 1 fully saturated rings. The van der Waals surface area contributed by atoms with Gasteiger partial charge < -0.3 is 14.8 Å². The molecule has 1 aliphatic heterocycles. The van der Waals surface area contributed by atoms with Crippen molar-refractivity contribution in [2.45, 2.75) is 13.8 Å². The van der Waals surface area contributed by atoms with Crippen LogP contribution in [0.3, 0.4) is 0 Å². The number of aryl methyl sites for hydroxylation is 1. The number of hydrogen-bond donors (Lipinski definition) is 1. The zero-order chi connectivity index (χ0) is 25.7. The number of nitrogens with one attached hydrogen (secondary N) is 1. The Morgan fingerprint density at radius 3 is 2.58 bits per heavy atom. The molecule has 0 radical (unpaired) electrons. The van der Waals surface area contributed by atoms with Crippen LogP contribution in [0.1, 0.15) is 18.1 Å². The highest BCUT2D eigenvalue weighted by Gasteiger charge is 2.33. The summed E-state index contributed by atoms with van der Waals surface area (Å²) < 4.78 is 12.7. The quantitative estimate of drug-likeness (QED) is 0.239. The van der Waals surface area contributed by atoms with Crippen molar-refractivity contribution in [1.82, 2.24) is 0 Å². The van der Waals surface area contributed by atoms with E-state index < -0.39 is 0 Å². The Balaban J connectivity index is 1.46. The van der Waals surface area contributed by atoms with Crippen LogP contribution in [0.2, 0.25) is 0 Å². The summed E-state index contributed by atoms with van der Waals surface area (Å²) in [5.74, 6) is 0.726. The van der Waals surface area contributed by atoms with Crippen molar-refractivity contribution in [1.29, 1.82) is 0 Å². The normalized spacial score (nSPS) is 14.3. The zero-order valence-corrected chi connectivity index (χ0v) is 22.8. The summed E-state index contributed by atoms with van der Waals surface area (Å²) in [6.45, 7) is 4.22. The van der Waals surface area contributed by atoms with Gasteiger partial charge in [-0.1, -0.05) is 58.1 Å². The molecule has 3 aromatic rings. The molecule has 0 bridgehead atoms. The molecule has 3 aromatic carbocycles. The Morgan fingerprint density at radius 1 is 1.11 bits per heavy atom. The third-order valence-corrected chi connectivity index (χ3v) is 7.02. The number of nitrogens with zero attached hydrogens (tertiary/aromatic N) is 1. The van der Waals surface area contributed by atoms with E-state index in [1.807, 2.05) is 74.5 Å². The fourth-order valence-corrected chi connectivity index (χ4v) is 5.28. The van der Waals surface area contributed by atoms with Gasteiger partial charge in [-0.15, -0.1) is 0 Å². The van der Waals surface area contributed by atoms with Gasteiger partial charge in [0.15, 0.2) is 10.9 Å². The first-order valence-electron chi connectivity index (χ1n) is 11.1. The molecule has 1 aliphatic rings. The number of anilines is 2. The number of hydrogen-bond acceptors (Lipinski definition) is 6. The molecule has 6 nitrogen and oxygen atoms in total.